The van der Waals surface area contributed by atoms with Crippen LogP contribution in [0, 0.1) is 5.82 Å². The van der Waals surface area contributed by atoms with Gasteiger partial charge in [0.05, 0.1) is 0 Å². The van der Waals surface area contributed by atoms with E-state index in [9.17, 15) is 9.18 Å². The number of benzene rings is 3. The normalized spacial score (nSPS) is 15.3. The number of nitrogens with zero attached hydrogens (tertiary/aromatic N) is 1. The Balaban J connectivity index is 1.84. The van der Waals surface area contributed by atoms with Crippen LogP contribution in [0.4, 0.5) is 15.8 Å². The van der Waals surface area contributed by atoms with E-state index in [1.807, 2.05) is 48.3 Å². The first-order chi connectivity index (χ1) is 12.2. The van der Waals surface area contributed by atoms with E-state index in [1.165, 1.54) is 6.07 Å². The van der Waals surface area contributed by atoms with Crippen molar-refractivity contribution in [3.63, 3.8) is 0 Å². The molecule has 0 fully saturated rings. The molecule has 3 aromatic carbocycles. The summed E-state index contributed by atoms with van der Waals surface area (Å²) in [5.41, 5.74) is 2.64. The molecule has 0 saturated carbocycles. The maximum atomic E-state index is 14.7. The Kier molecular flexibility index (Phi) is 3.73. The van der Waals surface area contributed by atoms with Crippen LogP contribution in [0.2, 0.25) is 0 Å². The van der Waals surface area contributed by atoms with Crippen molar-refractivity contribution < 1.29 is 13.9 Å². The number of esters is 1. The molecule has 1 aliphatic heterocycles. The molecule has 25 heavy (non-hydrogen) atoms. The highest BCUT2D eigenvalue weighted by Crippen LogP contribution is 2.46. The van der Waals surface area contributed by atoms with Gasteiger partial charge in [-0.05, 0) is 35.9 Å². The molecule has 0 amide bonds. The van der Waals surface area contributed by atoms with Gasteiger partial charge in [-0.1, -0.05) is 42.5 Å². The molecule has 124 valence electrons. The SMILES string of the molecule is CN1c2ccccc2C(C(=O)Oc2ccccc2)c2c(F)cccc21. The number of rotatable bonds is 2. The fourth-order valence-corrected chi connectivity index (χ4v) is 3.33. The van der Waals surface area contributed by atoms with Gasteiger partial charge in [0.1, 0.15) is 17.5 Å². The number of fused-ring (bicyclic) bond motifs is 2. The lowest BCUT2D eigenvalue weighted by Crippen LogP contribution is -2.29. The van der Waals surface area contributed by atoms with Crippen molar-refractivity contribution in [3.05, 3.63) is 89.7 Å². The highest BCUT2D eigenvalue weighted by Gasteiger charge is 2.37. The number of halogens is 1. The van der Waals surface area contributed by atoms with Gasteiger partial charge in [-0.3, -0.25) is 4.79 Å². The summed E-state index contributed by atoms with van der Waals surface area (Å²) < 4.78 is 20.2. The van der Waals surface area contributed by atoms with Gasteiger partial charge in [-0.2, -0.15) is 0 Å². The number of carbonyl (C=O) groups excluding carboxylic acids is 1. The lowest BCUT2D eigenvalue weighted by molar-refractivity contribution is -0.135. The molecule has 1 heterocycles. The molecule has 4 heteroatoms. The third kappa shape index (κ3) is 2.56. The van der Waals surface area contributed by atoms with Crippen molar-refractivity contribution >= 4 is 17.3 Å². The Hall–Kier alpha value is -3.14. The van der Waals surface area contributed by atoms with Crippen molar-refractivity contribution in [2.45, 2.75) is 5.92 Å². The Bertz CT molecular complexity index is 940. The molecule has 0 N–H and O–H groups in total. The molecule has 0 spiro atoms. The van der Waals surface area contributed by atoms with Gasteiger partial charge in [0.2, 0.25) is 0 Å². The number of para-hydroxylation sites is 2. The standard InChI is InChI=1S/C21H16FNO2/c1-23-17-12-6-5-10-15(17)19(20-16(22)11-7-13-18(20)23)21(24)25-14-8-3-2-4-9-14/h2-13,19H,1H3. The Morgan fingerprint density at radius 2 is 1.60 bits per heavy atom. The van der Waals surface area contributed by atoms with Crippen LogP contribution < -0.4 is 9.64 Å². The van der Waals surface area contributed by atoms with Crippen LogP contribution in [-0.4, -0.2) is 13.0 Å². The van der Waals surface area contributed by atoms with Gasteiger partial charge < -0.3 is 9.64 Å². The molecule has 1 aliphatic rings. The third-order valence-electron chi connectivity index (χ3n) is 4.49. The van der Waals surface area contributed by atoms with E-state index in [-0.39, 0.29) is 0 Å². The fraction of sp³-hybridized carbons (Fsp3) is 0.0952. The summed E-state index contributed by atoms with van der Waals surface area (Å²) in [4.78, 5) is 14.8. The number of hydrogen-bond acceptors (Lipinski definition) is 3. The van der Waals surface area contributed by atoms with Crippen molar-refractivity contribution in [2.75, 3.05) is 11.9 Å². The summed E-state index contributed by atoms with van der Waals surface area (Å²) in [5, 5.41) is 0. The monoisotopic (exact) mass is 333 g/mol. The van der Waals surface area contributed by atoms with Gasteiger partial charge in [0.25, 0.3) is 0 Å². The minimum absolute atomic E-state index is 0.352. The van der Waals surface area contributed by atoms with Crippen molar-refractivity contribution in [2.24, 2.45) is 0 Å². The Morgan fingerprint density at radius 1 is 0.920 bits per heavy atom. The van der Waals surface area contributed by atoms with Gasteiger partial charge >= 0.3 is 5.97 Å². The molecular formula is C21H16FNO2. The van der Waals surface area contributed by atoms with Crippen LogP contribution in [0.5, 0.6) is 5.75 Å². The van der Waals surface area contributed by atoms with E-state index in [4.69, 9.17) is 4.74 Å². The number of carbonyl (C=O) groups is 1. The largest absolute Gasteiger partial charge is 0.426 e. The van der Waals surface area contributed by atoms with Crippen LogP contribution in [0.1, 0.15) is 17.0 Å². The fourth-order valence-electron chi connectivity index (χ4n) is 3.33. The molecule has 0 radical (unpaired) electrons. The van der Waals surface area contributed by atoms with Crippen LogP contribution in [0.15, 0.2) is 72.8 Å². The zero-order valence-electron chi connectivity index (χ0n) is 13.6. The summed E-state index contributed by atoms with van der Waals surface area (Å²) in [6.45, 7) is 0. The number of ether oxygens (including phenoxy) is 1. The smallest absolute Gasteiger partial charge is 0.323 e. The van der Waals surface area contributed by atoms with Gasteiger partial charge in [0, 0.05) is 24.0 Å². The second-order valence-electron chi connectivity index (χ2n) is 5.96. The molecule has 3 aromatic rings. The highest BCUT2D eigenvalue weighted by molar-refractivity contribution is 5.92. The molecule has 3 nitrogen and oxygen atoms in total. The van der Waals surface area contributed by atoms with Gasteiger partial charge in [0.15, 0.2) is 0 Å². The average Bonchev–Trinajstić information content (AvgIpc) is 2.64. The Morgan fingerprint density at radius 3 is 2.40 bits per heavy atom. The number of anilines is 2. The second kappa shape index (κ2) is 6.06. The summed E-state index contributed by atoms with van der Waals surface area (Å²) in [7, 11) is 1.87. The molecule has 0 saturated heterocycles. The first-order valence-corrected chi connectivity index (χ1v) is 8.04. The zero-order valence-corrected chi connectivity index (χ0v) is 13.6. The highest BCUT2D eigenvalue weighted by atomic mass is 19.1. The third-order valence-corrected chi connectivity index (χ3v) is 4.49. The van der Waals surface area contributed by atoms with Crippen molar-refractivity contribution in [3.8, 4) is 5.75 Å². The molecule has 0 aromatic heterocycles. The van der Waals surface area contributed by atoms with Crippen LogP contribution in [0.3, 0.4) is 0 Å². The predicted molar refractivity (Wildman–Crippen MR) is 94.8 cm³/mol. The van der Waals surface area contributed by atoms with Gasteiger partial charge in [-0.25, -0.2) is 4.39 Å². The zero-order chi connectivity index (χ0) is 17.4. The molecule has 0 bridgehead atoms. The van der Waals surface area contributed by atoms with E-state index in [1.54, 1.807) is 30.3 Å². The topological polar surface area (TPSA) is 29.5 Å². The lowest BCUT2D eigenvalue weighted by atomic mass is 9.84. The first-order valence-electron chi connectivity index (χ1n) is 8.04. The minimum atomic E-state index is -0.802. The van der Waals surface area contributed by atoms with Crippen LogP contribution in [-0.2, 0) is 4.79 Å². The van der Waals surface area contributed by atoms with Crippen molar-refractivity contribution in [1.29, 1.82) is 0 Å². The van der Waals surface area contributed by atoms with Crippen LogP contribution in [0.25, 0.3) is 0 Å². The maximum Gasteiger partial charge on any atom is 0.323 e. The summed E-state index contributed by atoms with van der Waals surface area (Å²) >= 11 is 0. The lowest BCUT2D eigenvalue weighted by Gasteiger charge is -2.34. The summed E-state index contributed by atoms with van der Waals surface area (Å²) in [5.74, 6) is -1.25. The van der Waals surface area contributed by atoms with E-state index in [0.29, 0.717) is 17.0 Å². The molecule has 4 rings (SSSR count). The first kappa shape index (κ1) is 15.4. The van der Waals surface area contributed by atoms with E-state index >= 15 is 0 Å². The molecular weight excluding hydrogens is 317 g/mol. The molecule has 0 aliphatic carbocycles. The summed E-state index contributed by atoms with van der Waals surface area (Å²) in [6.07, 6.45) is 0. The molecule has 1 atom stereocenters. The minimum Gasteiger partial charge on any atom is -0.426 e. The average molecular weight is 333 g/mol. The number of hydrogen-bond donors (Lipinski definition) is 0. The van der Waals surface area contributed by atoms with E-state index < -0.39 is 17.7 Å². The second-order valence-corrected chi connectivity index (χ2v) is 5.96. The van der Waals surface area contributed by atoms with Gasteiger partial charge in [-0.15, -0.1) is 0 Å². The van der Waals surface area contributed by atoms with Crippen LogP contribution >= 0.6 is 0 Å². The summed E-state index contributed by atoms with van der Waals surface area (Å²) in [6, 6.07) is 21.2. The Labute approximate surface area is 145 Å². The molecule has 1 unspecified atom stereocenters. The van der Waals surface area contributed by atoms with E-state index in [2.05, 4.69) is 0 Å². The quantitative estimate of drug-likeness (QED) is 0.505. The van der Waals surface area contributed by atoms with E-state index in [0.717, 1.165) is 11.3 Å². The predicted octanol–water partition coefficient (Wildman–Crippen LogP) is 4.64. The maximum absolute atomic E-state index is 14.7. The van der Waals surface area contributed by atoms with Crippen molar-refractivity contribution in [1.82, 2.24) is 0 Å².